The third kappa shape index (κ3) is 1.67. The maximum atomic E-state index is 11.6. The molecule has 3 heteroatoms. The van der Waals surface area contributed by atoms with E-state index in [2.05, 4.69) is 35.8 Å². The smallest absolute Gasteiger partial charge is 0.309 e. The maximum absolute atomic E-state index is 11.6. The molecule has 1 fully saturated rings. The Labute approximate surface area is 104 Å². The van der Waals surface area contributed by atoms with E-state index in [-0.39, 0.29) is 23.2 Å². The van der Waals surface area contributed by atoms with Gasteiger partial charge in [-0.1, -0.05) is 48.0 Å². The van der Waals surface area contributed by atoms with Crippen molar-refractivity contribution in [1.82, 2.24) is 0 Å². The van der Waals surface area contributed by atoms with E-state index in [4.69, 9.17) is 4.74 Å². The van der Waals surface area contributed by atoms with Crippen LogP contribution in [0, 0.1) is 11.3 Å². The fourth-order valence-corrected chi connectivity index (χ4v) is 3.04. The first-order valence-corrected chi connectivity index (χ1v) is 6.11. The second-order valence-corrected chi connectivity index (χ2v) is 5.68. The first kappa shape index (κ1) is 11.6. The normalized spacial score (nSPS) is 26.2. The van der Waals surface area contributed by atoms with E-state index in [9.17, 15) is 4.79 Å². The number of carbonyl (C=O) groups is 1. The van der Waals surface area contributed by atoms with Crippen LogP contribution in [0.25, 0.3) is 0 Å². The SMILES string of the molecule is COC(=O)C1C(c2ccccc2Br)C1(C)C. The first-order valence-electron chi connectivity index (χ1n) is 5.32. The Morgan fingerprint density at radius 3 is 2.56 bits per heavy atom. The van der Waals surface area contributed by atoms with Crippen molar-refractivity contribution >= 4 is 21.9 Å². The van der Waals surface area contributed by atoms with Gasteiger partial charge in [-0.05, 0) is 17.0 Å². The molecule has 0 radical (unpaired) electrons. The molecule has 2 unspecified atom stereocenters. The molecule has 2 atom stereocenters. The van der Waals surface area contributed by atoms with Gasteiger partial charge in [-0.25, -0.2) is 0 Å². The van der Waals surface area contributed by atoms with Crippen molar-refractivity contribution in [1.29, 1.82) is 0 Å². The van der Waals surface area contributed by atoms with Gasteiger partial charge in [0, 0.05) is 10.4 Å². The third-order valence-electron chi connectivity index (χ3n) is 3.52. The Kier molecular flexibility index (Phi) is 2.82. The summed E-state index contributed by atoms with van der Waals surface area (Å²) >= 11 is 3.53. The molecule has 0 bridgehead atoms. The Bertz CT molecular complexity index is 426. The summed E-state index contributed by atoms with van der Waals surface area (Å²) < 4.78 is 5.92. The van der Waals surface area contributed by atoms with E-state index in [1.54, 1.807) is 0 Å². The number of halogens is 1. The van der Waals surface area contributed by atoms with Crippen LogP contribution in [0.1, 0.15) is 25.3 Å². The minimum absolute atomic E-state index is 0.00301. The van der Waals surface area contributed by atoms with Crippen molar-refractivity contribution in [3.8, 4) is 0 Å². The van der Waals surface area contributed by atoms with Gasteiger partial charge < -0.3 is 4.74 Å². The Hall–Kier alpha value is -0.830. The molecule has 86 valence electrons. The van der Waals surface area contributed by atoms with Crippen LogP contribution < -0.4 is 0 Å². The van der Waals surface area contributed by atoms with Gasteiger partial charge in [0.1, 0.15) is 0 Å². The molecular weight excluding hydrogens is 268 g/mol. The Morgan fingerprint density at radius 2 is 2.00 bits per heavy atom. The van der Waals surface area contributed by atoms with Gasteiger partial charge in [-0.15, -0.1) is 0 Å². The Balaban J connectivity index is 2.31. The van der Waals surface area contributed by atoms with Crippen molar-refractivity contribution in [2.45, 2.75) is 19.8 Å². The molecule has 0 amide bonds. The molecule has 0 saturated heterocycles. The van der Waals surface area contributed by atoms with Crippen LogP contribution in [0.3, 0.4) is 0 Å². The van der Waals surface area contributed by atoms with Crippen LogP contribution >= 0.6 is 15.9 Å². The Morgan fingerprint density at radius 1 is 1.38 bits per heavy atom. The van der Waals surface area contributed by atoms with E-state index >= 15 is 0 Å². The molecule has 1 aliphatic carbocycles. The lowest BCUT2D eigenvalue weighted by molar-refractivity contribution is -0.143. The van der Waals surface area contributed by atoms with E-state index in [1.807, 2.05) is 18.2 Å². The summed E-state index contributed by atoms with van der Waals surface area (Å²) in [5.41, 5.74) is 1.19. The van der Waals surface area contributed by atoms with E-state index in [0.29, 0.717) is 0 Å². The van der Waals surface area contributed by atoms with Crippen molar-refractivity contribution in [3.63, 3.8) is 0 Å². The molecule has 0 aliphatic heterocycles. The van der Waals surface area contributed by atoms with Gasteiger partial charge >= 0.3 is 5.97 Å². The fraction of sp³-hybridized carbons (Fsp3) is 0.462. The lowest BCUT2D eigenvalue weighted by Gasteiger charge is -2.04. The van der Waals surface area contributed by atoms with Crippen molar-refractivity contribution < 1.29 is 9.53 Å². The summed E-state index contributed by atoms with van der Waals surface area (Å²) in [6.07, 6.45) is 0. The zero-order chi connectivity index (χ0) is 11.9. The maximum Gasteiger partial charge on any atom is 0.309 e. The van der Waals surface area contributed by atoms with Gasteiger partial charge in [0.15, 0.2) is 0 Å². The number of carbonyl (C=O) groups excluding carboxylic acids is 1. The number of benzene rings is 1. The summed E-state index contributed by atoms with van der Waals surface area (Å²) in [6.45, 7) is 4.22. The summed E-state index contributed by atoms with van der Waals surface area (Å²) in [4.78, 5) is 11.6. The van der Waals surface area contributed by atoms with Gasteiger partial charge in [0.05, 0.1) is 13.0 Å². The number of hydrogen-bond donors (Lipinski definition) is 0. The second-order valence-electron chi connectivity index (χ2n) is 4.82. The molecule has 1 aromatic rings. The standard InChI is InChI=1S/C13H15BrO2/c1-13(2)10(11(13)12(15)16-3)8-6-4-5-7-9(8)14/h4-7,10-11H,1-3H3. The van der Waals surface area contributed by atoms with Crippen LogP contribution in [0.2, 0.25) is 0 Å². The average molecular weight is 283 g/mol. The highest BCUT2D eigenvalue weighted by Gasteiger charge is 2.63. The highest BCUT2D eigenvalue weighted by molar-refractivity contribution is 9.10. The van der Waals surface area contributed by atoms with Gasteiger partial charge in [-0.2, -0.15) is 0 Å². The molecule has 0 aromatic heterocycles. The topological polar surface area (TPSA) is 26.3 Å². The van der Waals surface area contributed by atoms with Crippen LogP contribution in [0.4, 0.5) is 0 Å². The van der Waals surface area contributed by atoms with E-state index in [1.165, 1.54) is 12.7 Å². The quantitative estimate of drug-likeness (QED) is 0.778. The summed E-state index contributed by atoms with van der Waals surface area (Å²) in [6, 6.07) is 8.07. The monoisotopic (exact) mass is 282 g/mol. The van der Waals surface area contributed by atoms with Crippen LogP contribution in [0.15, 0.2) is 28.7 Å². The van der Waals surface area contributed by atoms with Crippen molar-refractivity contribution in [2.24, 2.45) is 11.3 Å². The third-order valence-corrected chi connectivity index (χ3v) is 4.24. The van der Waals surface area contributed by atoms with Crippen LogP contribution in [-0.2, 0) is 9.53 Å². The lowest BCUT2D eigenvalue weighted by atomic mass is 10.0. The van der Waals surface area contributed by atoms with Crippen molar-refractivity contribution in [2.75, 3.05) is 7.11 Å². The number of rotatable bonds is 2. The van der Waals surface area contributed by atoms with Crippen LogP contribution in [0.5, 0.6) is 0 Å². The highest BCUT2D eigenvalue weighted by atomic mass is 79.9. The van der Waals surface area contributed by atoms with Crippen molar-refractivity contribution in [3.05, 3.63) is 34.3 Å². The number of ether oxygens (including phenoxy) is 1. The molecule has 0 spiro atoms. The fourth-order valence-electron chi connectivity index (χ4n) is 2.51. The number of hydrogen-bond acceptors (Lipinski definition) is 2. The molecule has 0 N–H and O–H groups in total. The van der Waals surface area contributed by atoms with E-state index < -0.39 is 0 Å². The molecule has 1 aliphatic rings. The minimum Gasteiger partial charge on any atom is -0.469 e. The lowest BCUT2D eigenvalue weighted by Crippen LogP contribution is -2.07. The molecule has 0 heterocycles. The molecule has 1 saturated carbocycles. The molecule has 1 aromatic carbocycles. The second kappa shape index (κ2) is 3.88. The summed E-state index contributed by atoms with van der Waals surface area (Å²) in [5.74, 6) is 0.137. The largest absolute Gasteiger partial charge is 0.469 e. The van der Waals surface area contributed by atoms with Crippen LogP contribution in [-0.4, -0.2) is 13.1 Å². The zero-order valence-electron chi connectivity index (χ0n) is 9.66. The zero-order valence-corrected chi connectivity index (χ0v) is 11.2. The first-order chi connectivity index (χ1) is 7.50. The predicted octanol–water partition coefficient (Wildman–Crippen LogP) is 3.36. The molecular formula is C13H15BrO2. The molecule has 2 nitrogen and oxygen atoms in total. The molecule has 16 heavy (non-hydrogen) atoms. The minimum atomic E-state index is -0.106. The van der Waals surface area contributed by atoms with Gasteiger partial charge in [0.2, 0.25) is 0 Å². The highest BCUT2D eigenvalue weighted by Crippen LogP contribution is 2.65. The average Bonchev–Trinajstić information content (AvgIpc) is 2.81. The number of esters is 1. The predicted molar refractivity (Wildman–Crippen MR) is 66.2 cm³/mol. The van der Waals surface area contributed by atoms with Gasteiger partial charge in [-0.3, -0.25) is 4.79 Å². The summed E-state index contributed by atoms with van der Waals surface area (Å²) in [5, 5.41) is 0. The number of methoxy groups -OCH3 is 1. The summed E-state index contributed by atoms with van der Waals surface area (Å²) in [7, 11) is 1.45. The van der Waals surface area contributed by atoms with E-state index in [0.717, 1.165) is 4.47 Å². The molecule has 2 rings (SSSR count). The van der Waals surface area contributed by atoms with Gasteiger partial charge in [0.25, 0.3) is 0 Å².